The van der Waals surface area contributed by atoms with Crippen LogP contribution in [-0.4, -0.2) is 48.6 Å². The van der Waals surface area contributed by atoms with E-state index in [1.54, 1.807) is 55.5 Å². The molecule has 1 atom stereocenters. The summed E-state index contributed by atoms with van der Waals surface area (Å²) in [7, 11) is 3.15. The normalized spacial score (nSPS) is 15.1. The Morgan fingerprint density at radius 2 is 1.56 bits per heavy atom. The minimum absolute atomic E-state index is 0.0152. The summed E-state index contributed by atoms with van der Waals surface area (Å²) >= 11 is 5.66. The number of amides is 2. The van der Waals surface area contributed by atoms with E-state index in [0.29, 0.717) is 30.1 Å². The number of nitrogens with zero attached hydrogens (tertiary/aromatic N) is 2. The van der Waals surface area contributed by atoms with Gasteiger partial charge in [0.25, 0.3) is 5.91 Å². The molecule has 3 aromatic rings. The Morgan fingerprint density at radius 1 is 0.972 bits per heavy atom. The van der Waals surface area contributed by atoms with Crippen LogP contribution < -0.4 is 19.7 Å². The molecule has 1 aliphatic rings. The molecule has 1 N–H and O–H groups in total. The van der Waals surface area contributed by atoms with Crippen molar-refractivity contribution in [3.8, 4) is 11.5 Å². The number of rotatable bonds is 8. The monoisotopic (exact) mass is 507 g/mol. The molecule has 36 heavy (non-hydrogen) atoms. The standard InChI is InChI=1S/C27H26FN3O4S/c1-34-22-11-3-18(4-12-22)15-16-30(27(36)29-20-7-5-19(28)6-8-20)24-17-25(32)31(26(24)33)21-9-13-23(35-2)14-10-21/h3-14,24H,15-17H2,1-2H3,(H,29,36). The minimum Gasteiger partial charge on any atom is -0.497 e. The van der Waals surface area contributed by atoms with Crippen molar-refractivity contribution < 1.29 is 23.5 Å². The van der Waals surface area contributed by atoms with Crippen molar-refractivity contribution in [2.24, 2.45) is 0 Å². The maximum Gasteiger partial charge on any atom is 0.257 e. The zero-order valence-corrected chi connectivity index (χ0v) is 20.8. The molecule has 0 aliphatic carbocycles. The van der Waals surface area contributed by atoms with Crippen LogP contribution in [0.3, 0.4) is 0 Å². The summed E-state index contributed by atoms with van der Waals surface area (Å²) in [5.41, 5.74) is 2.08. The largest absolute Gasteiger partial charge is 0.497 e. The first-order valence-electron chi connectivity index (χ1n) is 11.4. The molecule has 0 radical (unpaired) electrons. The molecule has 0 saturated carbocycles. The van der Waals surface area contributed by atoms with Crippen molar-refractivity contribution in [2.45, 2.75) is 18.9 Å². The molecule has 9 heteroatoms. The van der Waals surface area contributed by atoms with Gasteiger partial charge in [0.2, 0.25) is 5.91 Å². The number of ether oxygens (including phenoxy) is 2. The number of imide groups is 1. The molecular formula is C27H26FN3O4S. The number of thiocarbonyl (C=S) groups is 1. The van der Waals surface area contributed by atoms with Gasteiger partial charge in [0, 0.05) is 12.2 Å². The third-order valence-electron chi connectivity index (χ3n) is 5.99. The fourth-order valence-electron chi connectivity index (χ4n) is 4.03. The van der Waals surface area contributed by atoms with Gasteiger partial charge >= 0.3 is 0 Å². The topological polar surface area (TPSA) is 71.1 Å². The average molecular weight is 508 g/mol. The predicted molar refractivity (Wildman–Crippen MR) is 140 cm³/mol. The Kier molecular flexibility index (Phi) is 7.80. The lowest BCUT2D eigenvalue weighted by Gasteiger charge is -2.30. The summed E-state index contributed by atoms with van der Waals surface area (Å²) in [6.45, 7) is 0.388. The zero-order valence-electron chi connectivity index (χ0n) is 19.9. The van der Waals surface area contributed by atoms with Gasteiger partial charge in [-0.3, -0.25) is 9.59 Å². The number of halogens is 1. The van der Waals surface area contributed by atoms with Crippen LogP contribution in [0.2, 0.25) is 0 Å². The van der Waals surface area contributed by atoms with E-state index in [4.69, 9.17) is 21.7 Å². The maximum atomic E-state index is 13.5. The number of hydrogen-bond acceptors (Lipinski definition) is 5. The van der Waals surface area contributed by atoms with E-state index in [2.05, 4.69) is 5.32 Å². The van der Waals surface area contributed by atoms with Gasteiger partial charge in [-0.1, -0.05) is 12.1 Å². The van der Waals surface area contributed by atoms with Crippen LogP contribution in [0.15, 0.2) is 72.8 Å². The summed E-state index contributed by atoms with van der Waals surface area (Å²) in [4.78, 5) is 29.3. The van der Waals surface area contributed by atoms with Crippen molar-refractivity contribution in [1.29, 1.82) is 0 Å². The second-order valence-electron chi connectivity index (χ2n) is 8.21. The molecule has 0 bridgehead atoms. The van der Waals surface area contributed by atoms with E-state index >= 15 is 0 Å². The molecule has 1 unspecified atom stereocenters. The molecular weight excluding hydrogens is 481 g/mol. The molecule has 1 aliphatic heterocycles. The van der Waals surface area contributed by atoms with E-state index in [1.807, 2.05) is 24.3 Å². The lowest BCUT2D eigenvalue weighted by Crippen LogP contribution is -2.48. The SMILES string of the molecule is COc1ccc(CCN(C(=S)Nc2ccc(F)cc2)C2CC(=O)N(c3ccc(OC)cc3)C2=O)cc1. The highest BCUT2D eigenvalue weighted by atomic mass is 32.1. The fourth-order valence-corrected chi connectivity index (χ4v) is 4.37. The number of carbonyl (C=O) groups excluding carboxylic acids is 2. The third kappa shape index (κ3) is 5.63. The Labute approximate surface area is 214 Å². The number of benzene rings is 3. The summed E-state index contributed by atoms with van der Waals surface area (Å²) in [6, 6.07) is 19.4. The van der Waals surface area contributed by atoms with E-state index in [0.717, 1.165) is 11.3 Å². The molecule has 0 spiro atoms. The first-order chi connectivity index (χ1) is 17.4. The number of hydrogen-bond donors (Lipinski definition) is 1. The second-order valence-corrected chi connectivity index (χ2v) is 8.60. The van der Waals surface area contributed by atoms with Gasteiger partial charge in [-0.25, -0.2) is 9.29 Å². The first kappa shape index (κ1) is 25.1. The fraction of sp³-hybridized carbons (Fsp3) is 0.222. The second kappa shape index (κ2) is 11.2. The van der Waals surface area contributed by atoms with Crippen molar-refractivity contribution in [3.05, 3.63) is 84.2 Å². The Hall–Kier alpha value is -3.98. The number of methoxy groups -OCH3 is 2. The van der Waals surface area contributed by atoms with Gasteiger partial charge in [0.15, 0.2) is 5.11 Å². The van der Waals surface area contributed by atoms with Crippen LogP contribution in [0.5, 0.6) is 11.5 Å². The molecule has 1 fully saturated rings. The molecule has 2 amide bonds. The van der Waals surface area contributed by atoms with Gasteiger partial charge < -0.3 is 19.7 Å². The molecule has 7 nitrogen and oxygen atoms in total. The molecule has 1 saturated heterocycles. The van der Waals surface area contributed by atoms with Gasteiger partial charge in [0.1, 0.15) is 23.4 Å². The molecule has 0 aromatic heterocycles. The van der Waals surface area contributed by atoms with Crippen molar-refractivity contribution in [1.82, 2.24) is 4.90 Å². The van der Waals surface area contributed by atoms with E-state index < -0.39 is 6.04 Å². The van der Waals surface area contributed by atoms with E-state index in [-0.39, 0.29) is 29.2 Å². The first-order valence-corrected chi connectivity index (χ1v) is 11.8. The summed E-state index contributed by atoms with van der Waals surface area (Å²) in [5, 5.41) is 3.35. The van der Waals surface area contributed by atoms with Crippen LogP contribution >= 0.6 is 12.2 Å². The molecule has 4 rings (SSSR count). The summed E-state index contributed by atoms with van der Waals surface area (Å²) < 4.78 is 23.8. The predicted octanol–water partition coefficient (Wildman–Crippen LogP) is 4.42. The van der Waals surface area contributed by atoms with Crippen molar-refractivity contribution in [2.75, 3.05) is 31.0 Å². The van der Waals surface area contributed by atoms with Crippen molar-refractivity contribution >= 4 is 40.5 Å². The van der Waals surface area contributed by atoms with Crippen LogP contribution in [-0.2, 0) is 16.0 Å². The maximum absolute atomic E-state index is 13.5. The number of nitrogens with one attached hydrogen (secondary N) is 1. The average Bonchev–Trinajstić information content (AvgIpc) is 3.19. The van der Waals surface area contributed by atoms with Crippen LogP contribution in [0.1, 0.15) is 12.0 Å². The summed E-state index contributed by atoms with van der Waals surface area (Å²) in [5.74, 6) is 0.336. The number of carbonyl (C=O) groups is 2. The van der Waals surface area contributed by atoms with Crippen molar-refractivity contribution in [3.63, 3.8) is 0 Å². The zero-order chi connectivity index (χ0) is 25.7. The Morgan fingerprint density at radius 3 is 2.14 bits per heavy atom. The highest BCUT2D eigenvalue weighted by Crippen LogP contribution is 2.28. The van der Waals surface area contributed by atoms with Gasteiger partial charge in [-0.2, -0.15) is 0 Å². The smallest absolute Gasteiger partial charge is 0.257 e. The van der Waals surface area contributed by atoms with Crippen LogP contribution in [0, 0.1) is 5.82 Å². The van der Waals surface area contributed by atoms with E-state index in [1.165, 1.54) is 17.0 Å². The van der Waals surface area contributed by atoms with Gasteiger partial charge in [-0.15, -0.1) is 0 Å². The molecule has 3 aromatic carbocycles. The Balaban J connectivity index is 1.57. The lowest BCUT2D eigenvalue weighted by molar-refractivity contribution is -0.122. The minimum atomic E-state index is -0.779. The quantitative estimate of drug-likeness (QED) is 0.358. The molecule has 186 valence electrons. The third-order valence-corrected chi connectivity index (χ3v) is 6.32. The van der Waals surface area contributed by atoms with E-state index in [9.17, 15) is 14.0 Å². The van der Waals surface area contributed by atoms with Crippen LogP contribution in [0.25, 0.3) is 0 Å². The summed E-state index contributed by atoms with van der Waals surface area (Å²) in [6.07, 6.45) is 0.564. The molecule has 1 heterocycles. The van der Waals surface area contributed by atoms with Gasteiger partial charge in [0.05, 0.1) is 26.3 Å². The number of anilines is 2. The van der Waals surface area contributed by atoms with Gasteiger partial charge in [-0.05, 0) is 84.9 Å². The van der Waals surface area contributed by atoms with Crippen LogP contribution in [0.4, 0.5) is 15.8 Å². The lowest BCUT2D eigenvalue weighted by atomic mass is 10.1. The Bertz CT molecular complexity index is 1230. The highest BCUT2D eigenvalue weighted by molar-refractivity contribution is 7.80. The highest BCUT2D eigenvalue weighted by Gasteiger charge is 2.43.